The maximum absolute atomic E-state index is 9.10. The predicted molar refractivity (Wildman–Crippen MR) is 84.1 cm³/mol. The fourth-order valence-electron chi connectivity index (χ4n) is 1.92. The summed E-state index contributed by atoms with van der Waals surface area (Å²) in [6, 6.07) is 5.58. The van der Waals surface area contributed by atoms with E-state index in [1.807, 2.05) is 36.3 Å². The first kappa shape index (κ1) is 16.6. The number of aliphatic carboxylic acids is 2. The van der Waals surface area contributed by atoms with Gasteiger partial charge in [0.25, 0.3) is 0 Å². The number of nitrogens with one attached hydrogen (secondary N) is 1. The average molecular weight is 340 g/mol. The van der Waals surface area contributed by atoms with Crippen LogP contribution in [0.4, 0.5) is 5.69 Å². The summed E-state index contributed by atoms with van der Waals surface area (Å²) in [7, 11) is 1.97. The monoisotopic (exact) mass is 339 g/mol. The Morgan fingerprint density at radius 3 is 2.61 bits per heavy atom. The smallest absolute Gasteiger partial charge is 0.414 e. The number of rotatable bonds is 1. The van der Waals surface area contributed by atoms with Crippen molar-refractivity contribution in [2.45, 2.75) is 0 Å². The number of aliphatic imine (C=N–C) groups is 1. The van der Waals surface area contributed by atoms with Crippen LogP contribution in [0.1, 0.15) is 0 Å². The van der Waals surface area contributed by atoms with Crippen molar-refractivity contribution in [3.05, 3.63) is 35.2 Å². The SMILES string of the molecule is CN1C=C(C2=NCCN2)Oc2ccc(Cl)cc21.O=C(O)C(=O)O. The molecule has 1 aromatic carbocycles. The molecule has 3 rings (SSSR count). The third-order valence-electron chi connectivity index (χ3n) is 2.92. The summed E-state index contributed by atoms with van der Waals surface area (Å²) in [5.74, 6) is -1.28. The van der Waals surface area contributed by atoms with Gasteiger partial charge in [-0.2, -0.15) is 0 Å². The standard InChI is InChI=1S/C12H12ClN3O.C2H2O4/c1-16-7-11(12-14-4-5-15-12)17-10-3-2-8(13)6-9(10)16;3-1(4)2(5)6/h2-3,6-7H,4-5H2,1H3,(H,14,15);(H,3,4)(H,5,6). The van der Waals surface area contributed by atoms with Crippen LogP contribution in [-0.2, 0) is 9.59 Å². The van der Waals surface area contributed by atoms with E-state index in [0.717, 1.165) is 36.1 Å². The average Bonchev–Trinajstić information content (AvgIpc) is 3.02. The van der Waals surface area contributed by atoms with E-state index in [1.54, 1.807) is 0 Å². The molecule has 2 aliphatic heterocycles. The lowest BCUT2D eigenvalue weighted by Crippen LogP contribution is -2.28. The predicted octanol–water partition coefficient (Wildman–Crippen LogP) is 1.17. The maximum atomic E-state index is 9.10. The van der Waals surface area contributed by atoms with E-state index < -0.39 is 11.9 Å². The van der Waals surface area contributed by atoms with Gasteiger partial charge in [0, 0.05) is 18.6 Å². The highest BCUT2D eigenvalue weighted by molar-refractivity contribution is 6.31. The number of hydrogen-bond donors (Lipinski definition) is 3. The molecule has 0 fully saturated rings. The van der Waals surface area contributed by atoms with Gasteiger partial charge in [0.15, 0.2) is 17.3 Å². The Labute approximate surface area is 136 Å². The summed E-state index contributed by atoms with van der Waals surface area (Å²) in [6.45, 7) is 1.67. The van der Waals surface area contributed by atoms with Crippen LogP contribution in [0.25, 0.3) is 0 Å². The van der Waals surface area contributed by atoms with Gasteiger partial charge in [-0.25, -0.2) is 9.59 Å². The molecule has 8 nitrogen and oxygen atoms in total. The van der Waals surface area contributed by atoms with Crippen molar-refractivity contribution in [1.29, 1.82) is 0 Å². The van der Waals surface area contributed by atoms with Crippen molar-refractivity contribution < 1.29 is 24.5 Å². The molecular weight excluding hydrogens is 326 g/mol. The van der Waals surface area contributed by atoms with E-state index in [0.29, 0.717) is 5.02 Å². The minimum Gasteiger partial charge on any atom is -0.473 e. The Balaban J connectivity index is 0.000000277. The minimum atomic E-state index is -1.82. The minimum absolute atomic E-state index is 0.701. The zero-order chi connectivity index (χ0) is 17.0. The largest absolute Gasteiger partial charge is 0.473 e. The summed E-state index contributed by atoms with van der Waals surface area (Å²) >= 11 is 5.97. The van der Waals surface area contributed by atoms with E-state index in [-0.39, 0.29) is 0 Å². The number of carbonyl (C=O) groups is 2. The second-order valence-corrected chi connectivity index (χ2v) is 5.02. The third kappa shape index (κ3) is 4.13. The highest BCUT2D eigenvalue weighted by Gasteiger charge is 2.21. The molecule has 2 heterocycles. The summed E-state index contributed by atoms with van der Waals surface area (Å²) in [6.07, 6.45) is 1.91. The lowest BCUT2D eigenvalue weighted by molar-refractivity contribution is -0.159. The molecule has 23 heavy (non-hydrogen) atoms. The molecule has 0 saturated heterocycles. The summed E-state index contributed by atoms with van der Waals surface area (Å²) in [4.78, 5) is 24.5. The van der Waals surface area contributed by atoms with Crippen LogP contribution in [0.2, 0.25) is 5.02 Å². The lowest BCUT2D eigenvalue weighted by Gasteiger charge is -2.26. The molecule has 122 valence electrons. The first-order valence-electron chi connectivity index (χ1n) is 6.55. The number of halogens is 1. The Morgan fingerprint density at radius 2 is 2.04 bits per heavy atom. The van der Waals surface area contributed by atoms with Crippen molar-refractivity contribution in [1.82, 2.24) is 5.32 Å². The fraction of sp³-hybridized carbons (Fsp3) is 0.214. The molecule has 1 aromatic rings. The summed E-state index contributed by atoms with van der Waals surface area (Å²) in [5, 5.41) is 18.7. The molecule has 0 amide bonds. The van der Waals surface area contributed by atoms with E-state index >= 15 is 0 Å². The molecule has 3 N–H and O–H groups in total. The molecule has 0 aliphatic carbocycles. The molecule has 2 aliphatic rings. The highest BCUT2D eigenvalue weighted by atomic mass is 35.5. The first-order valence-corrected chi connectivity index (χ1v) is 6.93. The zero-order valence-corrected chi connectivity index (χ0v) is 12.9. The molecule has 0 unspecified atom stereocenters. The summed E-state index contributed by atoms with van der Waals surface area (Å²) < 4.78 is 5.81. The van der Waals surface area contributed by atoms with Gasteiger partial charge in [-0.15, -0.1) is 0 Å². The van der Waals surface area contributed by atoms with Crippen LogP contribution >= 0.6 is 11.6 Å². The van der Waals surface area contributed by atoms with Gasteiger partial charge in [0.2, 0.25) is 0 Å². The first-order chi connectivity index (χ1) is 10.9. The van der Waals surface area contributed by atoms with Gasteiger partial charge in [0.1, 0.15) is 0 Å². The van der Waals surface area contributed by atoms with Crippen LogP contribution in [0, 0.1) is 0 Å². The normalized spacial score (nSPS) is 15.1. The van der Waals surface area contributed by atoms with Crippen molar-refractivity contribution in [3.8, 4) is 5.75 Å². The Hall–Kier alpha value is -2.74. The molecule has 0 radical (unpaired) electrons. The number of hydrogen-bond acceptors (Lipinski definition) is 6. The molecule has 0 bridgehead atoms. The van der Waals surface area contributed by atoms with Crippen molar-refractivity contribution in [2.75, 3.05) is 25.0 Å². The third-order valence-corrected chi connectivity index (χ3v) is 3.16. The van der Waals surface area contributed by atoms with Crippen LogP contribution < -0.4 is 15.0 Å². The molecule has 0 atom stereocenters. The molecular formula is C14H14ClN3O5. The van der Waals surface area contributed by atoms with Crippen molar-refractivity contribution >= 4 is 35.1 Å². The van der Waals surface area contributed by atoms with Gasteiger partial charge in [-0.3, -0.25) is 4.99 Å². The van der Waals surface area contributed by atoms with Crippen LogP contribution in [-0.4, -0.2) is 48.1 Å². The number of anilines is 1. The van der Waals surface area contributed by atoms with E-state index in [4.69, 9.17) is 36.1 Å². The van der Waals surface area contributed by atoms with Gasteiger partial charge in [0.05, 0.1) is 18.4 Å². The van der Waals surface area contributed by atoms with Gasteiger partial charge in [-0.05, 0) is 18.2 Å². The Kier molecular flexibility index (Phi) is 5.07. The van der Waals surface area contributed by atoms with E-state index in [9.17, 15) is 0 Å². The fourth-order valence-corrected chi connectivity index (χ4v) is 2.08. The van der Waals surface area contributed by atoms with E-state index in [2.05, 4.69) is 10.3 Å². The second-order valence-electron chi connectivity index (χ2n) is 4.59. The highest BCUT2D eigenvalue weighted by Crippen LogP contribution is 2.35. The summed E-state index contributed by atoms with van der Waals surface area (Å²) in [5.41, 5.74) is 0.958. The van der Waals surface area contributed by atoms with Crippen LogP contribution in [0.5, 0.6) is 5.75 Å². The van der Waals surface area contributed by atoms with Gasteiger partial charge in [-0.1, -0.05) is 11.6 Å². The molecule has 0 aromatic heterocycles. The number of nitrogens with zero attached hydrogens (tertiary/aromatic N) is 2. The number of fused-ring (bicyclic) bond motifs is 1. The number of ether oxygens (including phenoxy) is 1. The quantitative estimate of drug-likeness (QED) is 0.658. The lowest BCUT2D eigenvalue weighted by atomic mass is 10.2. The number of carboxylic acid groups (broad SMARTS) is 2. The zero-order valence-electron chi connectivity index (χ0n) is 12.1. The molecule has 9 heteroatoms. The van der Waals surface area contributed by atoms with Crippen molar-refractivity contribution in [3.63, 3.8) is 0 Å². The second kappa shape index (κ2) is 7.01. The van der Waals surface area contributed by atoms with E-state index in [1.165, 1.54) is 0 Å². The van der Waals surface area contributed by atoms with Crippen LogP contribution in [0.3, 0.4) is 0 Å². The number of amidine groups is 1. The maximum Gasteiger partial charge on any atom is 0.414 e. The van der Waals surface area contributed by atoms with Gasteiger partial charge >= 0.3 is 11.9 Å². The Bertz CT molecular complexity index is 690. The van der Waals surface area contributed by atoms with Gasteiger partial charge < -0.3 is 25.2 Å². The topological polar surface area (TPSA) is 111 Å². The van der Waals surface area contributed by atoms with Crippen molar-refractivity contribution in [2.24, 2.45) is 4.99 Å². The van der Waals surface area contributed by atoms with Crippen LogP contribution in [0.15, 0.2) is 35.2 Å². The molecule has 0 spiro atoms. The number of benzene rings is 1. The number of carboxylic acids is 2. The Morgan fingerprint density at radius 1 is 1.35 bits per heavy atom. The molecule has 0 saturated carbocycles.